The maximum absolute atomic E-state index is 12.4. The first-order valence-electron chi connectivity index (χ1n) is 10.0. The van der Waals surface area contributed by atoms with E-state index in [4.69, 9.17) is 13.7 Å². The smallest absolute Gasteiger partial charge is 0.297 e. The largest absolute Gasteiger partial charge is 0.497 e. The van der Waals surface area contributed by atoms with E-state index in [-0.39, 0.29) is 17.5 Å². The van der Waals surface area contributed by atoms with Gasteiger partial charge in [0.25, 0.3) is 10.1 Å². The van der Waals surface area contributed by atoms with Gasteiger partial charge in [0.2, 0.25) is 0 Å². The first-order chi connectivity index (χ1) is 14.1. The summed E-state index contributed by atoms with van der Waals surface area (Å²) in [6.07, 6.45) is 4.04. The molecule has 158 valence electrons. The number of ether oxygens (including phenoxy) is 2. The number of rotatable bonds is 10. The van der Waals surface area contributed by atoms with E-state index in [1.807, 2.05) is 24.3 Å². The summed E-state index contributed by atoms with van der Waals surface area (Å²) in [7, 11) is -2.07. The molecule has 1 heterocycles. The van der Waals surface area contributed by atoms with E-state index in [0.29, 0.717) is 6.61 Å². The third-order valence-corrected chi connectivity index (χ3v) is 6.41. The van der Waals surface area contributed by atoms with Crippen LogP contribution in [0.4, 0.5) is 0 Å². The van der Waals surface area contributed by atoms with Crippen LogP contribution in [0.3, 0.4) is 0 Å². The van der Waals surface area contributed by atoms with Gasteiger partial charge in [-0.25, -0.2) is 0 Å². The van der Waals surface area contributed by atoms with Gasteiger partial charge in [-0.2, -0.15) is 8.42 Å². The Labute approximate surface area is 173 Å². The van der Waals surface area contributed by atoms with E-state index in [1.165, 1.54) is 0 Å². The summed E-state index contributed by atoms with van der Waals surface area (Å²) in [6, 6.07) is 16.0. The molecule has 1 atom stereocenters. The van der Waals surface area contributed by atoms with Gasteiger partial charge in [0.1, 0.15) is 11.5 Å². The van der Waals surface area contributed by atoms with Gasteiger partial charge in [-0.3, -0.25) is 9.08 Å². The number of hydrogen-bond acceptors (Lipinski definition) is 6. The molecule has 6 nitrogen and oxygen atoms in total. The van der Waals surface area contributed by atoms with E-state index < -0.39 is 10.1 Å². The molecule has 2 aromatic carbocycles. The number of methoxy groups -OCH3 is 1. The fourth-order valence-electron chi connectivity index (χ4n) is 3.50. The van der Waals surface area contributed by atoms with Crippen LogP contribution >= 0.6 is 0 Å². The van der Waals surface area contributed by atoms with Crippen LogP contribution in [0.5, 0.6) is 11.5 Å². The summed E-state index contributed by atoms with van der Waals surface area (Å²) >= 11 is 0. The second kappa shape index (κ2) is 10.6. The summed E-state index contributed by atoms with van der Waals surface area (Å²) in [5.74, 6) is 1.62. The van der Waals surface area contributed by atoms with Crippen molar-refractivity contribution in [2.75, 3.05) is 33.4 Å². The van der Waals surface area contributed by atoms with Crippen molar-refractivity contribution in [1.82, 2.24) is 4.90 Å². The zero-order valence-corrected chi connectivity index (χ0v) is 17.6. The van der Waals surface area contributed by atoms with Crippen molar-refractivity contribution in [3.8, 4) is 11.5 Å². The molecular formula is C22H29NO5S. The molecule has 0 bridgehead atoms. The minimum atomic E-state index is -3.71. The van der Waals surface area contributed by atoms with Crippen LogP contribution < -0.4 is 9.47 Å². The molecule has 0 aliphatic carbocycles. The molecule has 0 saturated carbocycles. The lowest BCUT2D eigenvalue weighted by Crippen LogP contribution is -2.43. The molecule has 1 aliphatic rings. The van der Waals surface area contributed by atoms with Crippen molar-refractivity contribution >= 4 is 10.1 Å². The van der Waals surface area contributed by atoms with Crippen LogP contribution in [0.1, 0.15) is 25.7 Å². The SMILES string of the molecule is COc1ccc(OCCCN2CCCCC2COS(=O)(=O)c2ccccc2)cc1. The molecule has 0 amide bonds. The van der Waals surface area contributed by atoms with Gasteiger partial charge in [-0.1, -0.05) is 24.6 Å². The molecule has 0 radical (unpaired) electrons. The first kappa shape index (κ1) is 21.6. The van der Waals surface area contributed by atoms with Crippen molar-refractivity contribution < 1.29 is 22.1 Å². The lowest BCUT2D eigenvalue weighted by atomic mass is 10.0. The minimum Gasteiger partial charge on any atom is -0.497 e. The quantitative estimate of drug-likeness (QED) is 0.432. The Morgan fingerprint density at radius 3 is 2.45 bits per heavy atom. The molecule has 1 fully saturated rings. The summed E-state index contributed by atoms with van der Waals surface area (Å²) in [5.41, 5.74) is 0. The molecule has 1 unspecified atom stereocenters. The van der Waals surface area contributed by atoms with Gasteiger partial charge < -0.3 is 9.47 Å². The van der Waals surface area contributed by atoms with E-state index >= 15 is 0 Å². The lowest BCUT2D eigenvalue weighted by molar-refractivity contribution is 0.0962. The Morgan fingerprint density at radius 2 is 1.72 bits per heavy atom. The second-order valence-corrected chi connectivity index (χ2v) is 8.73. The summed E-state index contributed by atoms with van der Waals surface area (Å²) in [6.45, 7) is 2.62. The number of hydrogen-bond donors (Lipinski definition) is 0. The monoisotopic (exact) mass is 419 g/mol. The van der Waals surface area contributed by atoms with Crippen LogP contribution in [0, 0.1) is 0 Å². The van der Waals surface area contributed by atoms with Gasteiger partial charge in [0, 0.05) is 12.6 Å². The van der Waals surface area contributed by atoms with Crippen molar-refractivity contribution in [1.29, 1.82) is 0 Å². The van der Waals surface area contributed by atoms with Crippen LogP contribution in [-0.4, -0.2) is 52.8 Å². The van der Waals surface area contributed by atoms with E-state index in [0.717, 1.165) is 50.3 Å². The highest BCUT2D eigenvalue weighted by Gasteiger charge is 2.25. The molecule has 3 rings (SSSR count). The Hall–Kier alpha value is -2.09. The van der Waals surface area contributed by atoms with Crippen LogP contribution in [0.2, 0.25) is 0 Å². The van der Waals surface area contributed by atoms with Crippen LogP contribution in [-0.2, 0) is 14.3 Å². The van der Waals surface area contributed by atoms with Crippen molar-refractivity contribution in [2.24, 2.45) is 0 Å². The maximum atomic E-state index is 12.4. The number of benzene rings is 2. The fourth-order valence-corrected chi connectivity index (χ4v) is 4.46. The predicted octanol–water partition coefficient (Wildman–Crippen LogP) is 3.72. The average Bonchev–Trinajstić information content (AvgIpc) is 2.77. The molecule has 1 aliphatic heterocycles. The molecule has 7 heteroatoms. The topological polar surface area (TPSA) is 65.1 Å². The van der Waals surface area contributed by atoms with E-state index in [1.54, 1.807) is 37.4 Å². The van der Waals surface area contributed by atoms with Crippen LogP contribution in [0.25, 0.3) is 0 Å². The molecule has 0 spiro atoms. The second-order valence-electron chi connectivity index (χ2n) is 7.11. The van der Waals surface area contributed by atoms with Crippen LogP contribution in [0.15, 0.2) is 59.5 Å². The molecule has 1 saturated heterocycles. The third-order valence-electron chi connectivity index (χ3n) is 5.11. The Kier molecular flexibility index (Phi) is 7.91. The molecular weight excluding hydrogens is 390 g/mol. The molecule has 0 aromatic heterocycles. The van der Waals surface area contributed by atoms with Crippen molar-refractivity contribution in [3.63, 3.8) is 0 Å². The zero-order valence-electron chi connectivity index (χ0n) is 16.8. The number of piperidine rings is 1. The highest BCUT2D eigenvalue weighted by Crippen LogP contribution is 2.21. The van der Waals surface area contributed by atoms with Crippen molar-refractivity contribution in [3.05, 3.63) is 54.6 Å². The van der Waals surface area contributed by atoms with Crippen molar-refractivity contribution in [2.45, 2.75) is 36.6 Å². The first-order valence-corrected chi connectivity index (χ1v) is 11.4. The maximum Gasteiger partial charge on any atom is 0.297 e. The van der Waals surface area contributed by atoms with Gasteiger partial charge in [0.15, 0.2) is 0 Å². The molecule has 2 aromatic rings. The lowest BCUT2D eigenvalue weighted by Gasteiger charge is -2.35. The Morgan fingerprint density at radius 1 is 1.00 bits per heavy atom. The molecule has 0 N–H and O–H groups in total. The van der Waals surface area contributed by atoms with Gasteiger partial charge >= 0.3 is 0 Å². The van der Waals surface area contributed by atoms with Gasteiger partial charge in [0.05, 0.1) is 25.2 Å². The minimum absolute atomic E-state index is 0.114. The average molecular weight is 420 g/mol. The van der Waals surface area contributed by atoms with E-state index in [2.05, 4.69) is 4.90 Å². The third kappa shape index (κ3) is 6.45. The van der Waals surface area contributed by atoms with E-state index in [9.17, 15) is 8.42 Å². The number of likely N-dealkylation sites (tertiary alicyclic amines) is 1. The predicted molar refractivity (Wildman–Crippen MR) is 112 cm³/mol. The summed E-state index contributed by atoms with van der Waals surface area (Å²) in [4.78, 5) is 2.52. The summed E-state index contributed by atoms with van der Waals surface area (Å²) in [5, 5.41) is 0. The highest BCUT2D eigenvalue weighted by atomic mass is 32.2. The fraction of sp³-hybridized carbons (Fsp3) is 0.455. The van der Waals surface area contributed by atoms with Gasteiger partial charge in [-0.05, 0) is 62.2 Å². The standard InChI is InChI=1S/C22H29NO5S/c1-26-20-11-13-21(14-12-20)27-17-7-16-23-15-6-5-8-19(23)18-28-29(24,25)22-9-3-2-4-10-22/h2-4,9-14,19H,5-8,15-18H2,1H3. The molecule has 29 heavy (non-hydrogen) atoms. The normalized spacial score (nSPS) is 17.8. The Balaban J connectivity index is 1.45. The number of nitrogens with zero attached hydrogens (tertiary/aromatic N) is 1. The Bertz CT molecular complexity index is 839. The van der Waals surface area contributed by atoms with Gasteiger partial charge in [-0.15, -0.1) is 0 Å². The highest BCUT2D eigenvalue weighted by molar-refractivity contribution is 7.86. The summed E-state index contributed by atoms with van der Waals surface area (Å²) < 4.78 is 41.1. The zero-order chi connectivity index (χ0) is 20.5.